The Morgan fingerprint density at radius 3 is 2.65 bits per heavy atom. The lowest BCUT2D eigenvalue weighted by Crippen LogP contribution is -2.54. The summed E-state index contributed by atoms with van der Waals surface area (Å²) < 4.78 is 1.14. The van der Waals surface area contributed by atoms with E-state index in [-0.39, 0.29) is 0 Å². The molecule has 0 saturated carbocycles. The fourth-order valence-electron chi connectivity index (χ4n) is 2.29. The van der Waals surface area contributed by atoms with Gasteiger partial charge < -0.3 is 10.2 Å². The summed E-state index contributed by atoms with van der Waals surface area (Å²) in [6, 6.07) is 9.19. The number of piperazine rings is 1. The van der Waals surface area contributed by atoms with Crippen molar-refractivity contribution in [1.82, 2.24) is 10.2 Å². The van der Waals surface area contributed by atoms with Gasteiger partial charge in [0.1, 0.15) is 0 Å². The number of rotatable bonds is 3. The molecular weight excluding hydrogens is 278 g/mol. The maximum Gasteiger partial charge on any atom is 0.0393 e. The number of anilines is 1. The molecule has 94 valence electrons. The Morgan fingerprint density at radius 1 is 1.29 bits per heavy atom. The van der Waals surface area contributed by atoms with Gasteiger partial charge in [0.05, 0.1) is 0 Å². The van der Waals surface area contributed by atoms with E-state index in [4.69, 9.17) is 0 Å². The molecule has 0 amide bonds. The molecule has 1 saturated heterocycles. The van der Waals surface area contributed by atoms with Crippen LogP contribution in [0.15, 0.2) is 28.7 Å². The first-order chi connectivity index (χ1) is 8.20. The van der Waals surface area contributed by atoms with E-state index in [1.165, 1.54) is 5.69 Å². The predicted octanol–water partition coefficient (Wildman–Crippen LogP) is 1.79. The van der Waals surface area contributed by atoms with Gasteiger partial charge in [-0.05, 0) is 38.4 Å². The Balaban J connectivity index is 2.04. The molecule has 1 atom stereocenters. The van der Waals surface area contributed by atoms with E-state index in [0.29, 0.717) is 6.04 Å². The van der Waals surface area contributed by atoms with E-state index in [0.717, 1.165) is 30.7 Å². The number of hydrogen-bond acceptors (Lipinski definition) is 3. The van der Waals surface area contributed by atoms with E-state index in [2.05, 4.69) is 62.4 Å². The highest BCUT2D eigenvalue weighted by molar-refractivity contribution is 9.10. The van der Waals surface area contributed by atoms with Crippen molar-refractivity contribution in [2.24, 2.45) is 0 Å². The number of benzene rings is 1. The molecule has 17 heavy (non-hydrogen) atoms. The molecule has 1 aromatic rings. The zero-order valence-electron chi connectivity index (χ0n) is 10.5. The summed E-state index contributed by atoms with van der Waals surface area (Å²) in [4.78, 5) is 4.90. The van der Waals surface area contributed by atoms with Crippen LogP contribution in [0.3, 0.4) is 0 Å². The molecule has 0 bridgehead atoms. The smallest absolute Gasteiger partial charge is 0.0393 e. The third kappa shape index (κ3) is 3.21. The second kappa shape index (κ2) is 5.85. The van der Waals surface area contributed by atoms with Crippen molar-refractivity contribution in [2.75, 3.05) is 45.2 Å². The zero-order chi connectivity index (χ0) is 12.3. The summed E-state index contributed by atoms with van der Waals surface area (Å²) in [6.07, 6.45) is 0. The maximum absolute atomic E-state index is 3.48. The number of nitrogens with one attached hydrogen (secondary N) is 1. The molecule has 1 unspecified atom stereocenters. The van der Waals surface area contributed by atoms with Crippen molar-refractivity contribution in [2.45, 2.75) is 6.04 Å². The summed E-state index contributed by atoms with van der Waals surface area (Å²) >= 11 is 3.48. The standard InChI is InChI=1S/C13H20BrN3/c1-15-9-13-10-17(8-7-16(13)2)12-5-3-11(14)4-6-12/h3-6,13,15H,7-10H2,1-2H3. The van der Waals surface area contributed by atoms with Gasteiger partial charge in [-0.3, -0.25) is 4.90 Å². The van der Waals surface area contributed by atoms with Gasteiger partial charge in [0.25, 0.3) is 0 Å². The first kappa shape index (κ1) is 12.9. The molecule has 0 spiro atoms. The van der Waals surface area contributed by atoms with Crippen molar-refractivity contribution in [3.8, 4) is 0 Å². The van der Waals surface area contributed by atoms with Crippen LogP contribution in [0.2, 0.25) is 0 Å². The van der Waals surface area contributed by atoms with Gasteiger partial charge in [-0.25, -0.2) is 0 Å². The first-order valence-electron chi connectivity index (χ1n) is 6.06. The minimum Gasteiger partial charge on any atom is -0.369 e. The lowest BCUT2D eigenvalue weighted by Gasteiger charge is -2.40. The Labute approximate surface area is 112 Å². The molecule has 3 nitrogen and oxygen atoms in total. The van der Waals surface area contributed by atoms with Gasteiger partial charge in [-0.15, -0.1) is 0 Å². The minimum absolute atomic E-state index is 0.595. The van der Waals surface area contributed by atoms with Crippen molar-refractivity contribution < 1.29 is 0 Å². The van der Waals surface area contributed by atoms with Crippen molar-refractivity contribution in [3.63, 3.8) is 0 Å². The van der Waals surface area contributed by atoms with E-state index in [1.807, 2.05) is 7.05 Å². The third-order valence-corrected chi connectivity index (χ3v) is 3.94. The third-order valence-electron chi connectivity index (χ3n) is 3.41. The second-order valence-corrected chi connectivity index (χ2v) is 5.53. The average molecular weight is 298 g/mol. The fourth-order valence-corrected chi connectivity index (χ4v) is 2.55. The summed E-state index contributed by atoms with van der Waals surface area (Å²) in [5, 5.41) is 3.27. The number of hydrogen-bond donors (Lipinski definition) is 1. The quantitative estimate of drug-likeness (QED) is 0.918. The van der Waals surface area contributed by atoms with Gasteiger partial charge in [0, 0.05) is 42.4 Å². The molecule has 1 N–H and O–H groups in total. The van der Waals surface area contributed by atoms with Gasteiger partial charge in [-0.1, -0.05) is 15.9 Å². The lowest BCUT2D eigenvalue weighted by molar-refractivity contribution is 0.216. The van der Waals surface area contributed by atoms with Crippen LogP contribution in [0.4, 0.5) is 5.69 Å². The van der Waals surface area contributed by atoms with E-state index >= 15 is 0 Å². The minimum atomic E-state index is 0.595. The Hall–Kier alpha value is -0.580. The van der Waals surface area contributed by atoms with Crippen LogP contribution >= 0.6 is 15.9 Å². The molecule has 1 fully saturated rings. The van der Waals surface area contributed by atoms with Crippen molar-refractivity contribution >= 4 is 21.6 Å². The molecule has 1 aliphatic rings. The van der Waals surface area contributed by atoms with Crippen LogP contribution in [-0.4, -0.2) is 51.2 Å². The maximum atomic E-state index is 3.48. The van der Waals surface area contributed by atoms with Crippen LogP contribution in [0.25, 0.3) is 0 Å². The molecular formula is C13H20BrN3. The Morgan fingerprint density at radius 2 is 2.00 bits per heavy atom. The normalized spacial score (nSPS) is 21.8. The average Bonchev–Trinajstić information content (AvgIpc) is 2.33. The number of nitrogens with zero attached hydrogens (tertiary/aromatic N) is 2. The van der Waals surface area contributed by atoms with Crippen LogP contribution in [0.1, 0.15) is 0 Å². The summed E-state index contributed by atoms with van der Waals surface area (Å²) in [5.41, 5.74) is 1.32. The van der Waals surface area contributed by atoms with Crippen LogP contribution < -0.4 is 10.2 Å². The Kier molecular flexibility index (Phi) is 4.42. The molecule has 1 heterocycles. The summed E-state index contributed by atoms with van der Waals surface area (Å²) in [5.74, 6) is 0. The van der Waals surface area contributed by atoms with Gasteiger partial charge in [0.2, 0.25) is 0 Å². The highest BCUT2D eigenvalue weighted by Gasteiger charge is 2.23. The highest BCUT2D eigenvalue weighted by atomic mass is 79.9. The summed E-state index contributed by atoms with van der Waals surface area (Å²) in [7, 11) is 4.23. The lowest BCUT2D eigenvalue weighted by atomic mass is 10.1. The van der Waals surface area contributed by atoms with Crippen LogP contribution in [0, 0.1) is 0 Å². The van der Waals surface area contributed by atoms with E-state index in [1.54, 1.807) is 0 Å². The molecule has 2 rings (SSSR count). The zero-order valence-corrected chi connectivity index (χ0v) is 12.1. The van der Waals surface area contributed by atoms with Crippen LogP contribution in [0.5, 0.6) is 0 Å². The molecule has 0 aromatic heterocycles. The SMILES string of the molecule is CNCC1CN(c2ccc(Br)cc2)CCN1C. The molecule has 4 heteroatoms. The largest absolute Gasteiger partial charge is 0.369 e. The first-order valence-corrected chi connectivity index (χ1v) is 6.85. The Bertz CT molecular complexity index is 352. The topological polar surface area (TPSA) is 18.5 Å². The van der Waals surface area contributed by atoms with Crippen molar-refractivity contribution in [3.05, 3.63) is 28.7 Å². The summed E-state index contributed by atoms with van der Waals surface area (Å²) in [6.45, 7) is 4.38. The second-order valence-electron chi connectivity index (χ2n) is 4.61. The van der Waals surface area contributed by atoms with E-state index in [9.17, 15) is 0 Å². The van der Waals surface area contributed by atoms with Gasteiger partial charge in [0.15, 0.2) is 0 Å². The molecule has 0 radical (unpaired) electrons. The van der Waals surface area contributed by atoms with Gasteiger partial charge >= 0.3 is 0 Å². The molecule has 1 aromatic carbocycles. The van der Waals surface area contributed by atoms with Crippen LogP contribution in [-0.2, 0) is 0 Å². The van der Waals surface area contributed by atoms with Gasteiger partial charge in [-0.2, -0.15) is 0 Å². The number of likely N-dealkylation sites (N-methyl/N-ethyl adjacent to an activating group) is 2. The monoisotopic (exact) mass is 297 g/mol. The van der Waals surface area contributed by atoms with Crippen molar-refractivity contribution in [1.29, 1.82) is 0 Å². The fraction of sp³-hybridized carbons (Fsp3) is 0.538. The molecule has 1 aliphatic heterocycles. The predicted molar refractivity (Wildman–Crippen MR) is 76.7 cm³/mol. The molecule has 0 aliphatic carbocycles. The number of halogens is 1. The van der Waals surface area contributed by atoms with E-state index < -0.39 is 0 Å². The highest BCUT2D eigenvalue weighted by Crippen LogP contribution is 2.21.